The van der Waals surface area contributed by atoms with E-state index in [1.165, 1.54) is 18.2 Å². The van der Waals surface area contributed by atoms with Crippen LogP contribution in [0.5, 0.6) is 0 Å². The van der Waals surface area contributed by atoms with E-state index in [4.69, 9.17) is 5.10 Å². The van der Waals surface area contributed by atoms with Gasteiger partial charge >= 0.3 is 0 Å². The average Bonchev–Trinajstić information content (AvgIpc) is 3.49. The van der Waals surface area contributed by atoms with Gasteiger partial charge in [-0.3, -0.25) is 15.6 Å². The van der Waals surface area contributed by atoms with Gasteiger partial charge in [0, 0.05) is 36.9 Å². The van der Waals surface area contributed by atoms with E-state index in [2.05, 4.69) is 10.9 Å². The van der Waals surface area contributed by atoms with Crippen LogP contribution in [-0.4, -0.2) is 40.2 Å². The molecule has 2 atom stereocenters. The summed E-state index contributed by atoms with van der Waals surface area (Å²) in [5, 5.41) is 4.70. The molecule has 6 nitrogen and oxygen atoms in total. The highest BCUT2D eigenvalue weighted by molar-refractivity contribution is 5.94. The van der Waals surface area contributed by atoms with Crippen LogP contribution in [0.15, 0.2) is 48.5 Å². The summed E-state index contributed by atoms with van der Waals surface area (Å²) < 4.78 is 28.8. The monoisotopic (exact) mass is 479 g/mol. The van der Waals surface area contributed by atoms with Gasteiger partial charge in [-0.2, -0.15) is 5.10 Å². The van der Waals surface area contributed by atoms with E-state index in [1.54, 1.807) is 29.2 Å². The molecule has 2 aromatic carbocycles. The first kappa shape index (κ1) is 23.6. The number of benzene rings is 2. The third kappa shape index (κ3) is 5.13. The summed E-state index contributed by atoms with van der Waals surface area (Å²) in [6, 6.07) is 13.3. The summed E-state index contributed by atoms with van der Waals surface area (Å²) in [5.74, 6) is -0.587. The number of hydrazine groups is 1. The topological polar surface area (TPSA) is 62.2 Å². The average molecular weight is 480 g/mol. The molecule has 2 unspecified atom stereocenters. The van der Waals surface area contributed by atoms with E-state index in [-0.39, 0.29) is 29.6 Å². The Hall–Kier alpha value is -3.10. The van der Waals surface area contributed by atoms with Crippen molar-refractivity contribution in [3.63, 3.8) is 0 Å². The Morgan fingerprint density at radius 2 is 1.89 bits per heavy atom. The summed E-state index contributed by atoms with van der Waals surface area (Å²) in [4.78, 5) is 15.1. The van der Waals surface area contributed by atoms with Crippen LogP contribution >= 0.6 is 0 Å². The van der Waals surface area contributed by atoms with Crippen LogP contribution in [0.25, 0.3) is 5.69 Å². The lowest BCUT2D eigenvalue weighted by molar-refractivity contribution is 0.0784. The van der Waals surface area contributed by atoms with Crippen molar-refractivity contribution in [3.8, 4) is 5.69 Å². The predicted molar refractivity (Wildman–Crippen MR) is 130 cm³/mol. The molecule has 1 aliphatic heterocycles. The van der Waals surface area contributed by atoms with Crippen molar-refractivity contribution in [3.05, 3.63) is 82.7 Å². The minimum absolute atomic E-state index is 0.0702. The molecule has 0 spiro atoms. The lowest BCUT2D eigenvalue weighted by Gasteiger charge is -2.19. The number of nitrogens with zero attached hydrogens (tertiary/aromatic N) is 3. The van der Waals surface area contributed by atoms with Gasteiger partial charge in [-0.25, -0.2) is 13.5 Å². The standard InChI is InChI=1S/C27H31F2N5O/c1-33(15-5-8-21-17-24(31-30-21)18-6-4-7-20(29)16-18)27(35)26-23-9-2-3-10-25(23)34(32-26)22-13-11-19(28)12-14-22/h4,6-7,11-14,16,21,24,30-31H,2-3,5,8-10,15,17H2,1H3. The van der Waals surface area contributed by atoms with Crippen LogP contribution in [0.3, 0.4) is 0 Å². The Morgan fingerprint density at radius 1 is 1.09 bits per heavy atom. The number of aromatic nitrogens is 2. The van der Waals surface area contributed by atoms with Crippen LogP contribution in [0, 0.1) is 11.6 Å². The molecular weight excluding hydrogens is 448 g/mol. The third-order valence-electron chi connectivity index (χ3n) is 7.08. The van der Waals surface area contributed by atoms with Gasteiger partial charge in [0.05, 0.1) is 5.69 Å². The number of hydrogen-bond acceptors (Lipinski definition) is 4. The first-order chi connectivity index (χ1) is 17.0. The molecule has 5 rings (SSSR count). The number of halogens is 2. The summed E-state index contributed by atoms with van der Waals surface area (Å²) in [6.07, 6.45) is 6.42. The Morgan fingerprint density at radius 3 is 2.69 bits per heavy atom. The van der Waals surface area contributed by atoms with Crippen LogP contribution in [-0.2, 0) is 12.8 Å². The molecular formula is C27H31F2N5O. The molecule has 8 heteroatoms. The van der Waals surface area contributed by atoms with E-state index < -0.39 is 0 Å². The highest BCUT2D eigenvalue weighted by Crippen LogP contribution is 2.28. The van der Waals surface area contributed by atoms with Crippen molar-refractivity contribution in [2.75, 3.05) is 13.6 Å². The summed E-state index contributed by atoms with van der Waals surface area (Å²) in [5.41, 5.74) is 10.9. The fourth-order valence-electron chi connectivity index (χ4n) is 5.18. The zero-order chi connectivity index (χ0) is 24.4. The first-order valence-corrected chi connectivity index (χ1v) is 12.4. The quantitative estimate of drug-likeness (QED) is 0.524. The lowest BCUT2D eigenvalue weighted by Crippen LogP contribution is -2.33. The Labute approximate surface area is 204 Å². The normalized spacial score (nSPS) is 19.5. The van der Waals surface area contributed by atoms with Crippen molar-refractivity contribution in [1.82, 2.24) is 25.5 Å². The molecule has 3 aromatic rings. The van der Waals surface area contributed by atoms with E-state index in [1.807, 2.05) is 17.8 Å². The molecule has 0 bridgehead atoms. The van der Waals surface area contributed by atoms with Crippen molar-refractivity contribution in [2.45, 2.75) is 57.0 Å². The van der Waals surface area contributed by atoms with Crippen molar-refractivity contribution in [2.24, 2.45) is 0 Å². The predicted octanol–water partition coefficient (Wildman–Crippen LogP) is 4.49. The third-order valence-corrected chi connectivity index (χ3v) is 7.08. The number of nitrogens with one attached hydrogen (secondary N) is 2. The van der Waals surface area contributed by atoms with Gasteiger partial charge in [-0.1, -0.05) is 12.1 Å². The largest absolute Gasteiger partial charge is 0.340 e. The zero-order valence-corrected chi connectivity index (χ0v) is 19.9. The number of fused-ring (bicyclic) bond motifs is 1. The molecule has 1 fully saturated rings. The minimum Gasteiger partial charge on any atom is -0.340 e. The molecule has 184 valence electrons. The van der Waals surface area contributed by atoms with Gasteiger partial charge in [0.15, 0.2) is 5.69 Å². The molecule has 1 aromatic heterocycles. The van der Waals surface area contributed by atoms with Gasteiger partial charge in [-0.05, 0) is 86.9 Å². The molecule has 0 saturated carbocycles. The molecule has 2 N–H and O–H groups in total. The second-order valence-corrected chi connectivity index (χ2v) is 9.57. The number of carbonyl (C=O) groups excluding carboxylic acids is 1. The van der Waals surface area contributed by atoms with Crippen LogP contribution < -0.4 is 10.9 Å². The van der Waals surface area contributed by atoms with Crippen molar-refractivity contribution >= 4 is 5.91 Å². The van der Waals surface area contributed by atoms with Crippen molar-refractivity contribution in [1.29, 1.82) is 0 Å². The summed E-state index contributed by atoms with van der Waals surface area (Å²) in [7, 11) is 1.82. The molecule has 1 amide bonds. The number of amides is 1. The highest BCUT2D eigenvalue weighted by Gasteiger charge is 2.28. The maximum absolute atomic E-state index is 13.5. The molecule has 0 radical (unpaired) electrons. The zero-order valence-electron chi connectivity index (χ0n) is 19.9. The molecule has 2 aliphatic rings. The second kappa shape index (κ2) is 10.3. The number of hydrogen-bond donors (Lipinski definition) is 2. The van der Waals surface area contributed by atoms with E-state index in [0.29, 0.717) is 12.2 Å². The molecule has 35 heavy (non-hydrogen) atoms. The maximum atomic E-state index is 13.5. The molecule has 1 saturated heterocycles. The highest BCUT2D eigenvalue weighted by atomic mass is 19.1. The minimum atomic E-state index is -0.292. The van der Waals surface area contributed by atoms with Crippen LogP contribution in [0.2, 0.25) is 0 Å². The Balaban J connectivity index is 1.20. The Bertz CT molecular complexity index is 1190. The number of rotatable bonds is 7. The first-order valence-electron chi connectivity index (χ1n) is 12.4. The Kier molecular flexibility index (Phi) is 6.92. The maximum Gasteiger partial charge on any atom is 0.274 e. The van der Waals surface area contributed by atoms with Crippen LogP contribution in [0.1, 0.15) is 65.5 Å². The van der Waals surface area contributed by atoms with Gasteiger partial charge in [0.1, 0.15) is 11.6 Å². The van der Waals surface area contributed by atoms with Gasteiger partial charge in [-0.15, -0.1) is 0 Å². The SMILES string of the molecule is CN(CCCC1CC(c2cccc(F)c2)NN1)C(=O)c1nn(-c2ccc(F)cc2)c2c1CCCC2. The van der Waals surface area contributed by atoms with E-state index >= 15 is 0 Å². The fraction of sp³-hybridized carbons (Fsp3) is 0.407. The van der Waals surface area contributed by atoms with Crippen molar-refractivity contribution < 1.29 is 13.6 Å². The molecule has 2 heterocycles. The van der Waals surface area contributed by atoms with Gasteiger partial charge < -0.3 is 4.90 Å². The second-order valence-electron chi connectivity index (χ2n) is 9.57. The summed E-state index contributed by atoms with van der Waals surface area (Å²) >= 11 is 0. The lowest BCUT2D eigenvalue weighted by atomic mass is 9.95. The van der Waals surface area contributed by atoms with E-state index in [0.717, 1.165) is 67.5 Å². The molecule has 1 aliphatic carbocycles. The number of carbonyl (C=O) groups is 1. The van der Waals surface area contributed by atoms with Gasteiger partial charge in [0.25, 0.3) is 5.91 Å². The van der Waals surface area contributed by atoms with E-state index in [9.17, 15) is 13.6 Å². The van der Waals surface area contributed by atoms with Crippen LogP contribution in [0.4, 0.5) is 8.78 Å². The summed E-state index contributed by atoms with van der Waals surface area (Å²) in [6.45, 7) is 0.625. The smallest absolute Gasteiger partial charge is 0.274 e. The van der Waals surface area contributed by atoms with Gasteiger partial charge in [0.2, 0.25) is 0 Å². The fourth-order valence-corrected chi connectivity index (χ4v) is 5.18.